The molecule has 3 rings (SSSR count). The van der Waals surface area contributed by atoms with Gasteiger partial charge in [0.05, 0.1) is 18.0 Å². The summed E-state index contributed by atoms with van der Waals surface area (Å²) in [6.45, 7) is 5.27. The fourth-order valence-electron chi connectivity index (χ4n) is 2.83. The van der Waals surface area contributed by atoms with Gasteiger partial charge < -0.3 is 10.4 Å². The van der Waals surface area contributed by atoms with E-state index in [1.165, 1.54) is 5.56 Å². The van der Waals surface area contributed by atoms with Gasteiger partial charge in [0.15, 0.2) is 0 Å². The van der Waals surface area contributed by atoms with Gasteiger partial charge in [-0.3, -0.25) is 5.10 Å². The average molecular weight is 321 g/mol. The summed E-state index contributed by atoms with van der Waals surface area (Å²) >= 11 is 0. The molecule has 0 aliphatic rings. The lowest BCUT2D eigenvalue weighted by atomic mass is 10.1. The first-order valence-electron chi connectivity index (χ1n) is 8.18. The number of benzene rings is 2. The molecule has 1 atom stereocenters. The summed E-state index contributed by atoms with van der Waals surface area (Å²) in [6.07, 6.45) is 1.32. The molecule has 2 aromatic carbocycles. The average Bonchev–Trinajstić information content (AvgIpc) is 3.03. The smallest absolute Gasteiger partial charge is 0.0914 e. The monoisotopic (exact) mass is 321 g/mol. The van der Waals surface area contributed by atoms with Crippen molar-refractivity contribution < 1.29 is 5.11 Å². The molecule has 0 saturated carbocycles. The molecule has 0 spiro atoms. The molecule has 4 heteroatoms. The van der Waals surface area contributed by atoms with Gasteiger partial charge in [0.2, 0.25) is 0 Å². The van der Waals surface area contributed by atoms with Crippen molar-refractivity contribution in [1.82, 2.24) is 15.5 Å². The van der Waals surface area contributed by atoms with Gasteiger partial charge in [0.25, 0.3) is 0 Å². The molecular formula is C20H23N3O. The summed E-state index contributed by atoms with van der Waals surface area (Å²) in [6, 6.07) is 16.3. The lowest BCUT2D eigenvalue weighted by molar-refractivity contribution is 0.174. The van der Waals surface area contributed by atoms with E-state index in [1.807, 2.05) is 43.5 Å². The second kappa shape index (κ2) is 7.43. The van der Waals surface area contributed by atoms with E-state index in [2.05, 4.69) is 40.6 Å². The van der Waals surface area contributed by atoms with Crippen molar-refractivity contribution in [2.45, 2.75) is 26.5 Å². The molecule has 1 unspecified atom stereocenters. The summed E-state index contributed by atoms with van der Waals surface area (Å²) in [5.74, 6) is 0. The second-order valence-corrected chi connectivity index (χ2v) is 6.20. The first-order chi connectivity index (χ1) is 11.6. The van der Waals surface area contributed by atoms with Gasteiger partial charge in [0.1, 0.15) is 0 Å². The van der Waals surface area contributed by atoms with Gasteiger partial charge in [-0.05, 0) is 25.5 Å². The highest BCUT2D eigenvalue weighted by Gasteiger charge is 2.10. The van der Waals surface area contributed by atoms with E-state index in [0.29, 0.717) is 13.1 Å². The van der Waals surface area contributed by atoms with Crippen molar-refractivity contribution in [2.24, 2.45) is 0 Å². The maximum absolute atomic E-state index is 10.3. The molecule has 0 aliphatic heterocycles. The summed E-state index contributed by atoms with van der Waals surface area (Å²) in [7, 11) is 0. The quantitative estimate of drug-likeness (QED) is 0.651. The maximum Gasteiger partial charge on any atom is 0.0914 e. The van der Waals surface area contributed by atoms with E-state index in [0.717, 1.165) is 27.9 Å². The lowest BCUT2D eigenvalue weighted by Crippen LogP contribution is -2.21. The zero-order valence-electron chi connectivity index (χ0n) is 14.1. The number of aliphatic hydroxyl groups excluding tert-OH is 1. The molecule has 1 aromatic heterocycles. The number of aromatic amines is 1. The van der Waals surface area contributed by atoms with Crippen molar-refractivity contribution in [2.75, 3.05) is 6.54 Å². The van der Waals surface area contributed by atoms with Crippen LogP contribution in [0.2, 0.25) is 0 Å². The van der Waals surface area contributed by atoms with Crippen LogP contribution in [0, 0.1) is 13.8 Å². The molecule has 4 nitrogen and oxygen atoms in total. The van der Waals surface area contributed by atoms with E-state index < -0.39 is 6.10 Å². The number of hydrogen-bond acceptors (Lipinski definition) is 3. The Labute approximate surface area is 142 Å². The van der Waals surface area contributed by atoms with Crippen LogP contribution < -0.4 is 5.32 Å². The number of rotatable bonds is 6. The van der Waals surface area contributed by atoms with Crippen LogP contribution >= 0.6 is 0 Å². The molecular weight excluding hydrogens is 298 g/mol. The zero-order chi connectivity index (χ0) is 16.9. The Hall–Kier alpha value is -2.43. The van der Waals surface area contributed by atoms with Gasteiger partial charge in [-0.2, -0.15) is 5.10 Å². The molecule has 0 bridgehead atoms. The van der Waals surface area contributed by atoms with E-state index >= 15 is 0 Å². The molecule has 0 amide bonds. The molecule has 24 heavy (non-hydrogen) atoms. The highest BCUT2D eigenvalue weighted by molar-refractivity contribution is 5.63. The van der Waals surface area contributed by atoms with Crippen LogP contribution in [0.25, 0.3) is 11.3 Å². The fourth-order valence-corrected chi connectivity index (χ4v) is 2.83. The van der Waals surface area contributed by atoms with Crippen molar-refractivity contribution >= 4 is 0 Å². The van der Waals surface area contributed by atoms with Crippen LogP contribution in [0.15, 0.2) is 54.7 Å². The van der Waals surface area contributed by atoms with Crippen LogP contribution in [-0.4, -0.2) is 21.8 Å². The van der Waals surface area contributed by atoms with Crippen LogP contribution in [0.3, 0.4) is 0 Å². The van der Waals surface area contributed by atoms with Gasteiger partial charge in [-0.15, -0.1) is 0 Å². The second-order valence-electron chi connectivity index (χ2n) is 6.20. The molecule has 0 saturated heterocycles. The summed E-state index contributed by atoms with van der Waals surface area (Å²) < 4.78 is 0. The Morgan fingerprint density at radius 1 is 1.08 bits per heavy atom. The van der Waals surface area contributed by atoms with E-state index in [1.54, 1.807) is 0 Å². The first kappa shape index (κ1) is 16.4. The summed E-state index contributed by atoms with van der Waals surface area (Å²) in [5.41, 5.74) is 6.56. The number of aromatic nitrogens is 2. The number of nitrogens with one attached hydrogen (secondary N) is 2. The van der Waals surface area contributed by atoms with Gasteiger partial charge in [-0.1, -0.05) is 53.6 Å². The standard InChI is InChI=1S/C20H23N3O/c1-14-5-3-7-16(9-14)19(24)13-21-11-18-12-22-23-20(18)17-8-4-6-15(2)10-17/h3-10,12,19,21,24H,11,13H2,1-2H3,(H,22,23). The third kappa shape index (κ3) is 3.91. The Bertz CT molecular complexity index is 810. The number of hydrogen-bond donors (Lipinski definition) is 3. The summed E-state index contributed by atoms with van der Waals surface area (Å²) in [5, 5.41) is 20.9. The predicted octanol–water partition coefficient (Wildman–Crippen LogP) is 3.52. The maximum atomic E-state index is 10.3. The zero-order valence-corrected chi connectivity index (χ0v) is 14.1. The van der Waals surface area contributed by atoms with Gasteiger partial charge >= 0.3 is 0 Å². The number of nitrogens with zero attached hydrogens (tertiary/aromatic N) is 1. The van der Waals surface area contributed by atoms with E-state index in [9.17, 15) is 5.11 Å². The number of aliphatic hydroxyl groups is 1. The van der Waals surface area contributed by atoms with Gasteiger partial charge in [0, 0.05) is 24.2 Å². The molecule has 1 heterocycles. The Morgan fingerprint density at radius 2 is 1.83 bits per heavy atom. The molecule has 124 valence electrons. The molecule has 3 N–H and O–H groups in total. The highest BCUT2D eigenvalue weighted by Crippen LogP contribution is 2.22. The normalized spacial score (nSPS) is 12.3. The lowest BCUT2D eigenvalue weighted by Gasteiger charge is -2.13. The van der Waals surface area contributed by atoms with E-state index in [-0.39, 0.29) is 0 Å². The minimum absolute atomic E-state index is 0.502. The Kier molecular flexibility index (Phi) is 5.08. The minimum Gasteiger partial charge on any atom is -0.387 e. The van der Waals surface area contributed by atoms with Crippen LogP contribution in [0.1, 0.15) is 28.4 Å². The van der Waals surface area contributed by atoms with Gasteiger partial charge in [-0.25, -0.2) is 0 Å². The third-order valence-corrected chi connectivity index (χ3v) is 4.10. The van der Waals surface area contributed by atoms with Crippen LogP contribution in [0.4, 0.5) is 0 Å². The Morgan fingerprint density at radius 3 is 2.58 bits per heavy atom. The molecule has 3 aromatic rings. The topological polar surface area (TPSA) is 60.9 Å². The number of aryl methyl sites for hydroxylation is 2. The Balaban J connectivity index is 1.63. The molecule has 0 aliphatic carbocycles. The third-order valence-electron chi connectivity index (χ3n) is 4.10. The van der Waals surface area contributed by atoms with Crippen molar-refractivity contribution in [3.05, 3.63) is 77.0 Å². The van der Waals surface area contributed by atoms with Crippen molar-refractivity contribution in [3.63, 3.8) is 0 Å². The van der Waals surface area contributed by atoms with Crippen molar-refractivity contribution in [3.8, 4) is 11.3 Å². The largest absolute Gasteiger partial charge is 0.387 e. The number of H-pyrrole nitrogens is 1. The summed E-state index contributed by atoms with van der Waals surface area (Å²) in [4.78, 5) is 0. The van der Waals surface area contributed by atoms with Crippen LogP contribution in [0.5, 0.6) is 0 Å². The predicted molar refractivity (Wildman–Crippen MR) is 96.6 cm³/mol. The van der Waals surface area contributed by atoms with Crippen LogP contribution in [-0.2, 0) is 6.54 Å². The fraction of sp³-hybridized carbons (Fsp3) is 0.250. The molecule has 0 fully saturated rings. The first-order valence-corrected chi connectivity index (χ1v) is 8.18. The molecule has 0 radical (unpaired) electrons. The SMILES string of the molecule is Cc1cccc(-c2[nH]ncc2CNCC(O)c2cccc(C)c2)c1. The van der Waals surface area contributed by atoms with E-state index in [4.69, 9.17) is 0 Å². The minimum atomic E-state index is -0.515. The highest BCUT2D eigenvalue weighted by atomic mass is 16.3. The van der Waals surface area contributed by atoms with Crippen molar-refractivity contribution in [1.29, 1.82) is 0 Å².